The van der Waals surface area contributed by atoms with Gasteiger partial charge in [0, 0.05) is 0 Å². The van der Waals surface area contributed by atoms with Crippen LogP contribution in [-0.2, 0) is 25.6 Å². The van der Waals surface area contributed by atoms with Crippen LogP contribution in [0.15, 0.2) is 6.33 Å². The van der Waals surface area contributed by atoms with Gasteiger partial charge in [-0.05, 0) is 12.8 Å². The van der Waals surface area contributed by atoms with Crippen LogP contribution in [0.2, 0.25) is 0 Å². The van der Waals surface area contributed by atoms with Gasteiger partial charge in [0.15, 0.2) is 0 Å². The molecule has 6 nitrogen and oxygen atoms in total. The Kier molecular flexibility index (Phi) is 4.82. The Morgan fingerprint density at radius 1 is 1.10 bits per heavy atom. The number of imide groups is 1. The van der Waals surface area contributed by atoms with E-state index in [-0.39, 0.29) is 9.58 Å². The Balaban J connectivity index is 2.50. The quantitative estimate of drug-likeness (QED) is 0.641. The predicted molar refractivity (Wildman–Crippen MR) is 84.6 cm³/mol. The number of amides is 3. The van der Waals surface area contributed by atoms with Crippen molar-refractivity contribution in [2.45, 2.75) is 39.5 Å². The molecular weight excluding hydrogens is 308 g/mol. The number of quaternary nitrogens is 2. The first-order valence-electron chi connectivity index (χ1n) is 7.23. The molecule has 0 saturated carbocycles. The zero-order valence-electron chi connectivity index (χ0n) is 12.3. The summed E-state index contributed by atoms with van der Waals surface area (Å²) in [6, 6.07) is -0.427. The first-order valence-corrected chi connectivity index (χ1v) is 7.97. The number of H-pyrrole nitrogens is 1. The van der Waals surface area contributed by atoms with Crippen LogP contribution in [0.25, 0.3) is 0 Å². The third-order valence-electron chi connectivity index (χ3n) is 3.78. The summed E-state index contributed by atoms with van der Waals surface area (Å²) in [5.74, 6) is -0.0432. The molecule has 1 aliphatic rings. The van der Waals surface area contributed by atoms with Gasteiger partial charge in [-0.3, -0.25) is 12.8 Å². The summed E-state index contributed by atoms with van der Waals surface area (Å²) >= 11 is 11.0. The number of carbonyl (C=O) groups is 2. The van der Waals surface area contributed by atoms with Crippen molar-refractivity contribution in [1.29, 1.82) is 0 Å². The lowest BCUT2D eigenvalue weighted by atomic mass is 10.2. The van der Waals surface area contributed by atoms with Crippen molar-refractivity contribution in [1.82, 2.24) is 13.9 Å². The Morgan fingerprint density at radius 3 is 2.24 bits per heavy atom. The molecule has 0 aliphatic carbocycles. The standard InChI is InChI=1S/C13H20N4O2S2/c1-3-5-7-16(20)11-10(14-9-15-11)12(18)17(21,13(16)19)8-6-4-2/h9H,3-8H2,1-2H3,(H,14,15). The SMILES string of the molecule is CCCC[N+]1([S-])C(=O)c2nc[nH]c2[N+]([S-])(CCCC)C1=O. The van der Waals surface area contributed by atoms with Gasteiger partial charge in [0.05, 0.1) is 19.4 Å². The van der Waals surface area contributed by atoms with Crippen LogP contribution in [0.3, 0.4) is 0 Å². The van der Waals surface area contributed by atoms with Crippen LogP contribution >= 0.6 is 0 Å². The number of imidazole rings is 1. The number of fused-ring (bicyclic) bond motifs is 1. The van der Waals surface area contributed by atoms with Crippen molar-refractivity contribution in [3.05, 3.63) is 12.0 Å². The summed E-state index contributed by atoms with van der Waals surface area (Å²) in [5.41, 5.74) is 0.215. The van der Waals surface area contributed by atoms with Gasteiger partial charge in [0.25, 0.3) is 0 Å². The van der Waals surface area contributed by atoms with Gasteiger partial charge in [0.1, 0.15) is 0 Å². The maximum atomic E-state index is 12.9. The van der Waals surface area contributed by atoms with E-state index in [0.717, 1.165) is 19.3 Å². The average Bonchev–Trinajstić information content (AvgIpc) is 2.97. The first-order chi connectivity index (χ1) is 9.91. The molecule has 0 radical (unpaired) electrons. The minimum absolute atomic E-state index is 0.215. The van der Waals surface area contributed by atoms with Gasteiger partial charge in [-0.15, -0.1) is 0 Å². The summed E-state index contributed by atoms with van der Waals surface area (Å²) < 4.78 is -1.08. The summed E-state index contributed by atoms with van der Waals surface area (Å²) in [6.45, 7) is 4.75. The lowest BCUT2D eigenvalue weighted by Crippen LogP contribution is -2.69. The highest BCUT2D eigenvalue weighted by molar-refractivity contribution is 7.59. The number of aromatic amines is 1. The molecule has 0 aromatic carbocycles. The number of aromatic nitrogens is 2. The number of hydrogen-bond acceptors (Lipinski definition) is 5. The van der Waals surface area contributed by atoms with E-state index in [0.29, 0.717) is 25.3 Å². The van der Waals surface area contributed by atoms with Crippen LogP contribution in [-0.4, -0.2) is 38.9 Å². The van der Waals surface area contributed by atoms with Crippen LogP contribution in [0, 0.1) is 0 Å². The number of hydrogen-bond donors (Lipinski definition) is 1. The molecule has 3 amide bonds. The van der Waals surface area contributed by atoms with Gasteiger partial charge < -0.3 is 25.6 Å². The maximum Gasteiger partial charge on any atom is 0.492 e. The van der Waals surface area contributed by atoms with Crippen LogP contribution < -0.4 is 3.89 Å². The van der Waals surface area contributed by atoms with Crippen LogP contribution in [0.1, 0.15) is 50.0 Å². The van der Waals surface area contributed by atoms with E-state index in [1.54, 1.807) is 0 Å². The minimum Gasteiger partial charge on any atom is -0.471 e. The third kappa shape index (κ3) is 2.54. The topological polar surface area (TPSA) is 62.8 Å². The number of nitrogens with one attached hydrogen (secondary N) is 1. The molecule has 0 fully saturated rings. The van der Waals surface area contributed by atoms with E-state index in [4.69, 9.17) is 25.6 Å². The molecule has 0 spiro atoms. The Morgan fingerprint density at radius 2 is 1.67 bits per heavy atom. The molecule has 1 N–H and O–H groups in total. The zero-order valence-corrected chi connectivity index (χ0v) is 13.9. The number of rotatable bonds is 6. The van der Waals surface area contributed by atoms with Crippen LogP contribution in [0.4, 0.5) is 10.6 Å². The fourth-order valence-corrected chi connectivity index (χ4v) is 3.31. The smallest absolute Gasteiger partial charge is 0.471 e. The van der Waals surface area contributed by atoms with E-state index in [2.05, 4.69) is 9.97 Å². The Hall–Kier alpha value is -0.830. The molecule has 1 aromatic heterocycles. The van der Waals surface area contributed by atoms with Crippen molar-refractivity contribution < 1.29 is 13.5 Å². The minimum atomic E-state index is -0.696. The second-order valence-corrected chi connectivity index (χ2v) is 6.57. The van der Waals surface area contributed by atoms with E-state index in [9.17, 15) is 9.59 Å². The van der Waals surface area contributed by atoms with Crippen molar-refractivity contribution in [2.24, 2.45) is 0 Å². The summed E-state index contributed by atoms with van der Waals surface area (Å²) in [4.78, 5) is 32.4. The third-order valence-corrected chi connectivity index (χ3v) is 4.81. The van der Waals surface area contributed by atoms with Crippen molar-refractivity contribution >= 4 is 43.4 Å². The van der Waals surface area contributed by atoms with E-state index < -0.39 is 15.8 Å². The largest absolute Gasteiger partial charge is 0.492 e. The second kappa shape index (κ2) is 6.12. The van der Waals surface area contributed by atoms with Crippen LogP contribution in [0.5, 0.6) is 0 Å². The molecule has 0 saturated heterocycles. The molecule has 1 aromatic rings. The highest BCUT2D eigenvalue weighted by Crippen LogP contribution is 2.36. The fraction of sp³-hybridized carbons (Fsp3) is 0.615. The second-order valence-electron chi connectivity index (χ2n) is 5.32. The molecule has 2 atom stereocenters. The summed E-state index contributed by atoms with van der Waals surface area (Å²) in [5, 5.41) is 0. The Labute approximate surface area is 135 Å². The highest BCUT2D eigenvalue weighted by Gasteiger charge is 2.54. The molecule has 2 unspecified atom stereocenters. The van der Waals surface area contributed by atoms with Crippen molar-refractivity contribution in [3.8, 4) is 0 Å². The Bertz CT molecular complexity index is 562. The molecule has 1 aliphatic heterocycles. The van der Waals surface area contributed by atoms with Gasteiger partial charge in [-0.25, -0.2) is 9.78 Å². The number of urea groups is 1. The lowest BCUT2D eigenvalue weighted by Gasteiger charge is -2.49. The normalized spacial score (nSPS) is 28.8. The zero-order chi connectivity index (χ0) is 15.7. The summed E-state index contributed by atoms with van der Waals surface area (Å²) in [6.07, 6.45) is 4.66. The molecule has 2 heterocycles. The van der Waals surface area contributed by atoms with E-state index in [1.807, 2.05) is 13.8 Å². The molecule has 0 bridgehead atoms. The maximum absolute atomic E-state index is 12.9. The summed E-state index contributed by atoms with van der Waals surface area (Å²) in [7, 11) is 0. The number of carbonyl (C=O) groups excluding carboxylic acids is 2. The molecule has 2 rings (SSSR count). The number of nitrogens with zero attached hydrogens (tertiary/aromatic N) is 3. The van der Waals surface area contributed by atoms with Gasteiger partial charge >= 0.3 is 11.9 Å². The van der Waals surface area contributed by atoms with E-state index >= 15 is 0 Å². The van der Waals surface area contributed by atoms with E-state index in [1.165, 1.54) is 6.33 Å². The van der Waals surface area contributed by atoms with Gasteiger partial charge in [0.2, 0.25) is 11.5 Å². The monoisotopic (exact) mass is 328 g/mol. The average molecular weight is 328 g/mol. The lowest BCUT2D eigenvalue weighted by molar-refractivity contribution is -0.622. The number of unbranched alkanes of at least 4 members (excludes halogenated alkanes) is 2. The van der Waals surface area contributed by atoms with Gasteiger partial charge in [-0.2, -0.15) is 4.79 Å². The fourth-order valence-electron chi connectivity index (χ4n) is 2.50. The molecule has 116 valence electrons. The molecule has 21 heavy (non-hydrogen) atoms. The van der Waals surface area contributed by atoms with Gasteiger partial charge in [-0.1, -0.05) is 26.7 Å². The van der Waals surface area contributed by atoms with Crippen molar-refractivity contribution in [2.75, 3.05) is 13.1 Å². The first kappa shape index (κ1) is 16.5. The molecular formula is C13H20N4O2S2. The van der Waals surface area contributed by atoms with Crippen molar-refractivity contribution in [3.63, 3.8) is 0 Å². The highest BCUT2D eigenvalue weighted by atomic mass is 32.1. The predicted octanol–water partition coefficient (Wildman–Crippen LogP) is 2.33. The molecule has 8 heteroatoms.